The summed E-state index contributed by atoms with van der Waals surface area (Å²) in [7, 11) is -0.859. The second-order valence-electron chi connectivity index (χ2n) is 6.38. The molecule has 1 atom stereocenters. The maximum Gasteiger partial charge on any atom is 0.264 e. The van der Waals surface area contributed by atoms with Gasteiger partial charge in [0.1, 0.15) is 5.82 Å². The Morgan fingerprint density at radius 2 is 1.48 bits per heavy atom. The van der Waals surface area contributed by atoms with Gasteiger partial charge in [0.2, 0.25) is 0 Å². The summed E-state index contributed by atoms with van der Waals surface area (Å²) in [6.45, 7) is 1.77. The van der Waals surface area contributed by atoms with Gasteiger partial charge in [-0.2, -0.15) is 0 Å². The Hall–Kier alpha value is -3.06. The van der Waals surface area contributed by atoms with Crippen LogP contribution in [0.25, 0.3) is 0 Å². The summed E-state index contributed by atoms with van der Waals surface area (Å²) in [6, 6.07) is 18.2. The van der Waals surface area contributed by atoms with Gasteiger partial charge in [0, 0.05) is 0 Å². The molecule has 0 N–H and O–H groups in total. The second kappa shape index (κ2) is 8.53. The van der Waals surface area contributed by atoms with Crippen LogP contribution in [-0.2, 0) is 10.0 Å². The summed E-state index contributed by atoms with van der Waals surface area (Å²) in [5, 5.41) is 0. The number of halogens is 1. The zero-order valence-electron chi connectivity index (χ0n) is 16.4. The molecule has 3 aromatic rings. The topological polar surface area (TPSA) is 55.8 Å². The molecule has 0 saturated carbocycles. The summed E-state index contributed by atoms with van der Waals surface area (Å²) in [5.41, 5.74) is 1.06. The lowest BCUT2D eigenvalue weighted by Gasteiger charge is -2.31. The van der Waals surface area contributed by atoms with Crippen LogP contribution >= 0.6 is 0 Å². The van der Waals surface area contributed by atoms with Crippen LogP contribution in [0.1, 0.15) is 18.5 Å². The van der Waals surface area contributed by atoms with Crippen molar-refractivity contribution in [3.8, 4) is 11.5 Å². The lowest BCUT2D eigenvalue weighted by Crippen LogP contribution is -2.33. The standard InChI is InChI=1S/C22H22FNO4S/c1-16(17-9-14-21(27-2)22(15-17)28-3)24(19-12-10-18(23)11-13-19)29(25,26)20-7-5-4-6-8-20/h4-16H,1-3H3. The molecule has 0 spiro atoms. The molecule has 0 aromatic heterocycles. The van der Waals surface area contributed by atoms with Crippen LogP contribution in [0.15, 0.2) is 77.7 Å². The zero-order chi connectivity index (χ0) is 21.0. The molecule has 3 aromatic carbocycles. The van der Waals surface area contributed by atoms with Crippen LogP contribution in [0.5, 0.6) is 11.5 Å². The number of hydrogen-bond donors (Lipinski definition) is 0. The molecule has 0 aliphatic heterocycles. The van der Waals surface area contributed by atoms with Crippen LogP contribution in [-0.4, -0.2) is 22.6 Å². The van der Waals surface area contributed by atoms with Crippen LogP contribution in [0.3, 0.4) is 0 Å². The number of hydrogen-bond acceptors (Lipinski definition) is 4. The Kier molecular flexibility index (Phi) is 6.08. The van der Waals surface area contributed by atoms with Crippen LogP contribution in [0.4, 0.5) is 10.1 Å². The average molecular weight is 415 g/mol. The van der Waals surface area contributed by atoms with E-state index in [0.717, 1.165) is 0 Å². The SMILES string of the molecule is COc1ccc(C(C)N(c2ccc(F)cc2)S(=O)(=O)c2ccccc2)cc1OC. The average Bonchev–Trinajstić information content (AvgIpc) is 2.75. The van der Waals surface area contributed by atoms with Crippen LogP contribution in [0, 0.1) is 5.82 Å². The van der Waals surface area contributed by atoms with Crippen molar-refractivity contribution in [1.82, 2.24) is 0 Å². The molecule has 152 valence electrons. The van der Waals surface area contributed by atoms with Gasteiger partial charge in [-0.05, 0) is 61.0 Å². The maximum atomic E-state index is 13.5. The first-order valence-electron chi connectivity index (χ1n) is 8.95. The van der Waals surface area contributed by atoms with E-state index in [1.165, 1.54) is 54.9 Å². The van der Waals surface area contributed by atoms with E-state index in [-0.39, 0.29) is 4.90 Å². The second-order valence-corrected chi connectivity index (χ2v) is 8.20. The smallest absolute Gasteiger partial charge is 0.264 e. The number of sulfonamides is 1. The number of rotatable bonds is 7. The van der Waals surface area contributed by atoms with Gasteiger partial charge >= 0.3 is 0 Å². The minimum absolute atomic E-state index is 0.150. The van der Waals surface area contributed by atoms with Gasteiger partial charge in [-0.1, -0.05) is 24.3 Å². The first kappa shape index (κ1) is 20.7. The summed E-state index contributed by atoms with van der Waals surface area (Å²) in [4.78, 5) is 0.150. The molecule has 0 amide bonds. The highest BCUT2D eigenvalue weighted by molar-refractivity contribution is 7.92. The molecule has 7 heteroatoms. The predicted molar refractivity (Wildman–Crippen MR) is 110 cm³/mol. The lowest BCUT2D eigenvalue weighted by molar-refractivity contribution is 0.354. The molecule has 0 aliphatic rings. The van der Waals surface area contributed by atoms with Crippen molar-refractivity contribution in [2.75, 3.05) is 18.5 Å². The van der Waals surface area contributed by atoms with E-state index in [2.05, 4.69) is 0 Å². The van der Waals surface area contributed by atoms with E-state index >= 15 is 0 Å². The largest absolute Gasteiger partial charge is 0.493 e. The molecular weight excluding hydrogens is 393 g/mol. The van der Waals surface area contributed by atoms with E-state index in [4.69, 9.17) is 9.47 Å². The van der Waals surface area contributed by atoms with E-state index in [0.29, 0.717) is 22.7 Å². The molecule has 0 aliphatic carbocycles. The molecule has 29 heavy (non-hydrogen) atoms. The van der Waals surface area contributed by atoms with E-state index in [9.17, 15) is 12.8 Å². The van der Waals surface area contributed by atoms with E-state index in [1.807, 2.05) is 0 Å². The van der Waals surface area contributed by atoms with Crippen molar-refractivity contribution in [3.63, 3.8) is 0 Å². The molecule has 1 unspecified atom stereocenters. The van der Waals surface area contributed by atoms with Crippen LogP contribution < -0.4 is 13.8 Å². The van der Waals surface area contributed by atoms with Crippen molar-refractivity contribution in [2.24, 2.45) is 0 Å². The highest BCUT2D eigenvalue weighted by atomic mass is 32.2. The van der Waals surface area contributed by atoms with Gasteiger partial charge in [0.25, 0.3) is 10.0 Å². The van der Waals surface area contributed by atoms with Gasteiger partial charge < -0.3 is 9.47 Å². The Balaban J connectivity index is 2.14. The Labute approximate surface area is 170 Å². The number of ether oxygens (including phenoxy) is 2. The fourth-order valence-corrected chi connectivity index (χ4v) is 4.78. The van der Waals surface area contributed by atoms with Gasteiger partial charge in [-0.3, -0.25) is 4.31 Å². The number of nitrogens with zero attached hydrogens (tertiary/aromatic N) is 1. The van der Waals surface area contributed by atoms with E-state index < -0.39 is 21.9 Å². The third kappa shape index (κ3) is 4.19. The van der Waals surface area contributed by atoms with Crippen molar-refractivity contribution >= 4 is 15.7 Å². The van der Waals surface area contributed by atoms with Crippen molar-refractivity contribution < 1.29 is 22.3 Å². The quantitative estimate of drug-likeness (QED) is 0.556. The summed E-state index contributed by atoms with van der Waals surface area (Å²) in [5.74, 6) is 0.597. The lowest BCUT2D eigenvalue weighted by atomic mass is 10.1. The molecule has 3 rings (SSSR count). The number of anilines is 1. The first-order valence-corrected chi connectivity index (χ1v) is 10.4. The molecule has 0 bridgehead atoms. The van der Waals surface area contributed by atoms with E-state index in [1.54, 1.807) is 43.3 Å². The number of methoxy groups -OCH3 is 2. The first-order chi connectivity index (χ1) is 13.9. The van der Waals surface area contributed by atoms with Crippen molar-refractivity contribution in [3.05, 3.63) is 84.2 Å². The highest BCUT2D eigenvalue weighted by Gasteiger charge is 2.30. The van der Waals surface area contributed by atoms with Gasteiger partial charge in [0.05, 0.1) is 30.8 Å². The zero-order valence-corrected chi connectivity index (χ0v) is 17.2. The fraction of sp³-hybridized carbons (Fsp3) is 0.182. The Morgan fingerprint density at radius 1 is 0.862 bits per heavy atom. The molecular formula is C22H22FNO4S. The highest BCUT2D eigenvalue weighted by Crippen LogP contribution is 2.36. The predicted octanol–water partition coefficient (Wildman–Crippen LogP) is 4.80. The Morgan fingerprint density at radius 3 is 2.07 bits per heavy atom. The van der Waals surface area contributed by atoms with Crippen molar-refractivity contribution in [2.45, 2.75) is 17.9 Å². The third-order valence-electron chi connectivity index (χ3n) is 4.62. The third-order valence-corrected chi connectivity index (χ3v) is 6.54. The maximum absolute atomic E-state index is 13.5. The van der Waals surface area contributed by atoms with Crippen molar-refractivity contribution in [1.29, 1.82) is 0 Å². The summed E-state index contributed by atoms with van der Waals surface area (Å²) < 4.78 is 52.4. The molecule has 5 nitrogen and oxygen atoms in total. The molecule has 0 saturated heterocycles. The van der Waals surface area contributed by atoms with Crippen LogP contribution in [0.2, 0.25) is 0 Å². The molecule has 0 heterocycles. The fourth-order valence-electron chi connectivity index (χ4n) is 3.11. The number of benzene rings is 3. The minimum Gasteiger partial charge on any atom is -0.493 e. The van der Waals surface area contributed by atoms with Gasteiger partial charge in [0.15, 0.2) is 11.5 Å². The summed E-state index contributed by atoms with van der Waals surface area (Å²) in [6.07, 6.45) is 0. The minimum atomic E-state index is -3.91. The van der Waals surface area contributed by atoms with Gasteiger partial charge in [-0.15, -0.1) is 0 Å². The summed E-state index contributed by atoms with van der Waals surface area (Å²) >= 11 is 0. The molecule has 0 radical (unpaired) electrons. The molecule has 0 fully saturated rings. The van der Waals surface area contributed by atoms with Gasteiger partial charge in [-0.25, -0.2) is 12.8 Å². The Bertz CT molecular complexity index is 1070. The monoisotopic (exact) mass is 415 g/mol. The normalized spacial score (nSPS) is 12.3.